The Morgan fingerprint density at radius 1 is 1.24 bits per heavy atom. The van der Waals surface area contributed by atoms with Crippen molar-refractivity contribution in [1.82, 2.24) is 10.6 Å². The van der Waals surface area contributed by atoms with E-state index in [-0.39, 0.29) is 24.4 Å². The molecule has 0 aliphatic heterocycles. The third-order valence-electron chi connectivity index (χ3n) is 3.01. The van der Waals surface area contributed by atoms with Crippen molar-refractivity contribution in [3.63, 3.8) is 0 Å². The Bertz CT molecular complexity index is 460. The van der Waals surface area contributed by atoms with Crippen LogP contribution in [0.1, 0.15) is 26.7 Å². The molecule has 3 N–H and O–H groups in total. The summed E-state index contributed by atoms with van der Waals surface area (Å²) in [4.78, 5) is 23.2. The van der Waals surface area contributed by atoms with Crippen molar-refractivity contribution in [1.29, 1.82) is 0 Å². The molecule has 6 nitrogen and oxygen atoms in total. The Morgan fingerprint density at radius 2 is 1.90 bits per heavy atom. The van der Waals surface area contributed by atoms with E-state index >= 15 is 0 Å². The number of methoxy groups -OCH3 is 1. The molecular formula is C15H23N3O3. The summed E-state index contributed by atoms with van der Waals surface area (Å²) in [7, 11) is 1.58. The molecular weight excluding hydrogens is 270 g/mol. The predicted molar refractivity (Wildman–Crippen MR) is 82.5 cm³/mol. The number of rotatable bonds is 7. The molecule has 0 fully saturated rings. The highest BCUT2D eigenvalue weighted by molar-refractivity contribution is 5.89. The molecule has 1 atom stereocenters. The predicted octanol–water partition coefficient (Wildman–Crippen LogP) is 2.12. The molecule has 1 aromatic carbocycles. The number of nitrogens with one attached hydrogen (secondary N) is 3. The molecule has 0 aliphatic rings. The van der Waals surface area contributed by atoms with Crippen molar-refractivity contribution in [2.45, 2.75) is 32.7 Å². The third-order valence-corrected chi connectivity index (χ3v) is 3.01. The lowest BCUT2D eigenvalue weighted by molar-refractivity contribution is -0.121. The first-order chi connectivity index (χ1) is 10.0. The number of anilines is 1. The molecule has 1 unspecified atom stereocenters. The molecule has 0 bridgehead atoms. The fourth-order valence-corrected chi connectivity index (χ4v) is 1.59. The van der Waals surface area contributed by atoms with Gasteiger partial charge < -0.3 is 20.7 Å². The van der Waals surface area contributed by atoms with Gasteiger partial charge in [0.1, 0.15) is 5.75 Å². The summed E-state index contributed by atoms with van der Waals surface area (Å²) in [6, 6.07) is 6.83. The van der Waals surface area contributed by atoms with Gasteiger partial charge in [0.2, 0.25) is 5.91 Å². The fourth-order valence-electron chi connectivity index (χ4n) is 1.59. The van der Waals surface area contributed by atoms with Crippen LogP contribution in [0, 0.1) is 0 Å². The molecule has 0 heterocycles. The zero-order chi connectivity index (χ0) is 15.7. The van der Waals surface area contributed by atoms with Gasteiger partial charge in [0.25, 0.3) is 0 Å². The lowest BCUT2D eigenvalue weighted by Gasteiger charge is -2.12. The smallest absolute Gasteiger partial charge is 0.319 e. The summed E-state index contributed by atoms with van der Waals surface area (Å²) in [5.41, 5.74) is 0.664. The number of urea groups is 1. The van der Waals surface area contributed by atoms with Crippen LogP contribution in [-0.2, 0) is 4.79 Å². The number of amides is 3. The van der Waals surface area contributed by atoms with Crippen LogP contribution in [0.15, 0.2) is 24.3 Å². The Morgan fingerprint density at radius 3 is 2.48 bits per heavy atom. The lowest BCUT2D eigenvalue weighted by atomic mass is 10.2. The molecule has 6 heteroatoms. The number of carbonyl (C=O) groups excluding carboxylic acids is 2. The summed E-state index contributed by atoms with van der Waals surface area (Å²) < 4.78 is 5.03. The molecule has 116 valence electrons. The quantitative estimate of drug-likeness (QED) is 0.720. The largest absolute Gasteiger partial charge is 0.497 e. The number of hydrogen-bond donors (Lipinski definition) is 3. The highest BCUT2D eigenvalue weighted by atomic mass is 16.5. The zero-order valence-corrected chi connectivity index (χ0v) is 12.7. The van der Waals surface area contributed by atoms with Gasteiger partial charge in [-0.25, -0.2) is 4.79 Å². The maximum Gasteiger partial charge on any atom is 0.319 e. The number of ether oxygens (including phenoxy) is 1. The minimum atomic E-state index is -0.337. The summed E-state index contributed by atoms with van der Waals surface area (Å²) >= 11 is 0. The highest BCUT2D eigenvalue weighted by Crippen LogP contribution is 2.14. The first-order valence-corrected chi connectivity index (χ1v) is 7.03. The standard InChI is InChI=1S/C15H23N3O3/c1-4-11(2)17-14(19)9-10-16-15(20)18-12-5-7-13(21-3)8-6-12/h5-8,11H,4,9-10H2,1-3H3,(H,17,19)(H2,16,18,20). The summed E-state index contributed by atoms with van der Waals surface area (Å²) in [5.74, 6) is 0.664. The Kier molecular flexibility index (Phi) is 7.08. The van der Waals surface area contributed by atoms with Crippen molar-refractivity contribution in [2.24, 2.45) is 0 Å². The van der Waals surface area contributed by atoms with Gasteiger partial charge in [0, 0.05) is 24.7 Å². The van der Waals surface area contributed by atoms with E-state index in [4.69, 9.17) is 4.74 Å². The first kappa shape index (κ1) is 16.8. The first-order valence-electron chi connectivity index (χ1n) is 7.03. The topological polar surface area (TPSA) is 79.5 Å². The van der Waals surface area contributed by atoms with Crippen LogP contribution in [0.25, 0.3) is 0 Å². The Hall–Kier alpha value is -2.24. The fraction of sp³-hybridized carbons (Fsp3) is 0.467. The zero-order valence-electron chi connectivity index (χ0n) is 12.7. The van der Waals surface area contributed by atoms with Crippen molar-refractivity contribution in [2.75, 3.05) is 19.0 Å². The molecule has 0 radical (unpaired) electrons. The van der Waals surface area contributed by atoms with Crippen molar-refractivity contribution in [3.05, 3.63) is 24.3 Å². The Labute approximate surface area is 125 Å². The van der Waals surface area contributed by atoms with Crippen LogP contribution in [-0.4, -0.2) is 31.6 Å². The van der Waals surface area contributed by atoms with Crippen LogP contribution in [0.2, 0.25) is 0 Å². The second-order valence-electron chi connectivity index (χ2n) is 4.74. The minimum absolute atomic E-state index is 0.0610. The van der Waals surface area contributed by atoms with Gasteiger partial charge in [-0.05, 0) is 37.6 Å². The molecule has 0 aromatic heterocycles. The average Bonchev–Trinajstić information content (AvgIpc) is 2.47. The molecule has 3 amide bonds. The van der Waals surface area contributed by atoms with Gasteiger partial charge in [0.05, 0.1) is 7.11 Å². The van der Waals surface area contributed by atoms with Crippen LogP contribution in [0.4, 0.5) is 10.5 Å². The summed E-state index contributed by atoms with van der Waals surface area (Å²) in [6.07, 6.45) is 1.15. The second kappa shape index (κ2) is 8.84. The van der Waals surface area contributed by atoms with Crippen molar-refractivity contribution >= 4 is 17.6 Å². The van der Waals surface area contributed by atoms with Crippen LogP contribution in [0.3, 0.4) is 0 Å². The number of benzene rings is 1. The van der Waals surface area contributed by atoms with Crippen LogP contribution < -0.4 is 20.7 Å². The van der Waals surface area contributed by atoms with Gasteiger partial charge >= 0.3 is 6.03 Å². The molecule has 0 spiro atoms. The molecule has 0 aliphatic carbocycles. The van der Waals surface area contributed by atoms with E-state index in [0.717, 1.165) is 12.2 Å². The monoisotopic (exact) mass is 293 g/mol. The van der Waals surface area contributed by atoms with Gasteiger partial charge in [-0.2, -0.15) is 0 Å². The molecule has 1 rings (SSSR count). The molecule has 21 heavy (non-hydrogen) atoms. The van der Waals surface area contributed by atoms with E-state index in [2.05, 4.69) is 16.0 Å². The molecule has 1 aromatic rings. The second-order valence-corrected chi connectivity index (χ2v) is 4.74. The van der Waals surface area contributed by atoms with E-state index in [1.54, 1.807) is 31.4 Å². The Balaban J connectivity index is 2.26. The van der Waals surface area contributed by atoms with E-state index in [9.17, 15) is 9.59 Å². The maximum atomic E-state index is 11.6. The van der Waals surface area contributed by atoms with Gasteiger partial charge in [-0.15, -0.1) is 0 Å². The lowest BCUT2D eigenvalue weighted by Crippen LogP contribution is -2.36. The number of carbonyl (C=O) groups is 2. The third kappa shape index (κ3) is 6.65. The summed E-state index contributed by atoms with van der Waals surface area (Å²) in [5, 5.41) is 8.16. The van der Waals surface area contributed by atoms with Gasteiger partial charge in [-0.1, -0.05) is 6.92 Å². The molecule has 0 saturated carbocycles. The van der Waals surface area contributed by atoms with Crippen molar-refractivity contribution in [3.8, 4) is 5.75 Å². The van der Waals surface area contributed by atoms with E-state index in [0.29, 0.717) is 12.2 Å². The average molecular weight is 293 g/mol. The summed E-state index contributed by atoms with van der Waals surface area (Å²) in [6.45, 7) is 4.25. The van der Waals surface area contributed by atoms with Crippen LogP contribution >= 0.6 is 0 Å². The van der Waals surface area contributed by atoms with E-state index < -0.39 is 0 Å². The van der Waals surface area contributed by atoms with Crippen LogP contribution in [0.5, 0.6) is 5.75 Å². The number of hydrogen-bond acceptors (Lipinski definition) is 3. The SMILES string of the molecule is CCC(C)NC(=O)CCNC(=O)Nc1ccc(OC)cc1. The van der Waals surface area contributed by atoms with E-state index in [1.165, 1.54) is 0 Å². The normalized spacial score (nSPS) is 11.4. The van der Waals surface area contributed by atoms with Gasteiger partial charge in [0.15, 0.2) is 0 Å². The highest BCUT2D eigenvalue weighted by Gasteiger charge is 2.06. The molecule has 0 saturated heterocycles. The van der Waals surface area contributed by atoms with E-state index in [1.807, 2.05) is 13.8 Å². The van der Waals surface area contributed by atoms with Gasteiger partial charge in [-0.3, -0.25) is 4.79 Å². The van der Waals surface area contributed by atoms with Crippen molar-refractivity contribution < 1.29 is 14.3 Å². The minimum Gasteiger partial charge on any atom is -0.497 e. The maximum absolute atomic E-state index is 11.6.